The molecule has 0 saturated carbocycles. The minimum absolute atomic E-state index is 0.0913. The van der Waals surface area contributed by atoms with Gasteiger partial charge in [-0.3, -0.25) is 14.5 Å². The van der Waals surface area contributed by atoms with E-state index >= 15 is 0 Å². The standard InChI is InChI=1S/C19H29N3O4S/c1-25-15-9-14(10-16(11-15)26-2)13-22-7-6-21-19(24)17(22)12-18(23)20-5-4-8-27-3/h9-11,17H,4-8,12-13H2,1-3H3,(H,20,23)(H,21,24)/t17-/m1/s1. The van der Waals surface area contributed by atoms with Crippen LogP contribution in [0.25, 0.3) is 0 Å². The molecule has 0 aliphatic carbocycles. The van der Waals surface area contributed by atoms with Crippen molar-refractivity contribution >= 4 is 23.6 Å². The smallest absolute Gasteiger partial charge is 0.237 e. The van der Waals surface area contributed by atoms with Crippen molar-refractivity contribution in [2.75, 3.05) is 45.9 Å². The molecule has 2 amide bonds. The molecule has 1 atom stereocenters. The van der Waals surface area contributed by atoms with Crippen LogP contribution in [-0.4, -0.2) is 68.6 Å². The molecule has 0 bridgehead atoms. The number of ether oxygens (including phenoxy) is 2. The van der Waals surface area contributed by atoms with Gasteiger partial charge in [0.25, 0.3) is 0 Å². The first-order chi connectivity index (χ1) is 13.1. The Balaban J connectivity index is 2.02. The lowest BCUT2D eigenvalue weighted by Crippen LogP contribution is -2.56. The summed E-state index contributed by atoms with van der Waals surface area (Å²) in [5, 5.41) is 5.77. The van der Waals surface area contributed by atoms with E-state index in [0.717, 1.165) is 17.7 Å². The minimum Gasteiger partial charge on any atom is -0.497 e. The lowest BCUT2D eigenvalue weighted by atomic mass is 10.1. The maximum atomic E-state index is 12.4. The van der Waals surface area contributed by atoms with Gasteiger partial charge in [0.15, 0.2) is 0 Å². The Labute approximate surface area is 165 Å². The number of hydrogen-bond donors (Lipinski definition) is 2. The van der Waals surface area contributed by atoms with E-state index in [4.69, 9.17) is 9.47 Å². The largest absolute Gasteiger partial charge is 0.497 e. The Morgan fingerprint density at radius 2 is 2.00 bits per heavy atom. The maximum Gasteiger partial charge on any atom is 0.237 e. The van der Waals surface area contributed by atoms with Crippen LogP contribution >= 0.6 is 11.8 Å². The van der Waals surface area contributed by atoms with Crippen molar-refractivity contribution in [2.24, 2.45) is 0 Å². The minimum atomic E-state index is -0.475. The van der Waals surface area contributed by atoms with E-state index in [1.807, 2.05) is 29.4 Å². The molecule has 7 nitrogen and oxygen atoms in total. The fourth-order valence-electron chi connectivity index (χ4n) is 3.06. The van der Waals surface area contributed by atoms with Gasteiger partial charge in [0.05, 0.1) is 26.7 Å². The molecule has 0 aromatic heterocycles. The number of nitrogens with one attached hydrogen (secondary N) is 2. The molecule has 0 spiro atoms. The highest BCUT2D eigenvalue weighted by atomic mass is 32.2. The first kappa shape index (κ1) is 21.4. The van der Waals surface area contributed by atoms with Crippen molar-refractivity contribution in [2.45, 2.75) is 25.4 Å². The molecular formula is C19H29N3O4S. The highest BCUT2D eigenvalue weighted by Gasteiger charge is 2.31. The number of benzene rings is 1. The summed E-state index contributed by atoms with van der Waals surface area (Å²) < 4.78 is 10.6. The van der Waals surface area contributed by atoms with Gasteiger partial charge in [-0.2, -0.15) is 11.8 Å². The molecule has 1 aromatic rings. The van der Waals surface area contributed by atoms with Crippen LogP contribution in [0.3, 0.4) is 0 Å². The number of rotatable bonds is 10. The van der Waals surface area contributed by atoms with Gasteiger partial charge in [0, 0.05) is 32.2 Å². The van der Waals surface area contributed by atoms with E-state index in [1.165, 1.54) is 0 Å². The Bertz CT molecular complexity index is 619. The summed E-state index contributed by atoms with van der Waals surface area (Å²) in [4.78, 5) is 26.7. The molecule has 1 saturated heterocycles. The Morgan fingerprint density at radius 1 is 1.30 bits per heavy atom. The van der Waals surface area contributed by atoms with Crippen LogP contribution in [0.1, 0.15) is 18.4 Å². The molecule has 1 aliphatic heterocycles. The zero-order valence-electron chi connectivity index (χ0n) is 16.2. The molecule has 1 aromatic carbocycles. The predicted octanol–water partition coefficient (Wildman–Crippen LogP) is 1.26. The third-order valence-corrected chi connectivity index (χ3v) is 5.16. The number of amides is 2. The summed E-state index contributed by atoms with van der Waals surface area (Å²) >= 11 is 1.75. The highest BCUT2D eigenvalue weighted by Crippen LogP contribution is 2.24. The second-order valence-electron chi connectivity index (χ2n) is 6.40. The molecule has 27 heavy (non-hydrogen) atoms. The van der Waals surface area contributed by atoms with Crippen LogP contribution in [0, 0.1) is 0 Å². The molecule has 2 rings (SSSR count). The van der Waals surface area contributed by atoms with Crippen molar-refractivity contribution < 1.29 is 19.1 Å². The number of piperazine rings is 1. The Kier molecular flexibility index (Phi) is 8.74. The number of methoxy groups -OCH3 is 2. The second-order valence-corrected chi connectivity index (χ2v) is 7.38. The van der Waals surface area contributed by atoms with Gasteiger partial charge in [0.1, 0.15) is 11.5 Å². The fourth-order valence-corrected chi connectivity index (χ4v) is 3.49. The van der Waals surface area contributed by atoms with Crippen molar-refractivity contribution in [3.05, 3.63) is 23.8 Å². The summed E-state index contributed by atoms with van der Waals surface area (Å²) in [5.41, 5.74) is 0.978. The van der Waals surface area contributed by atoms with E-state index < -0.39 is 6.04 Å². The van der Waals surface area contributed by atoms with Crippen LogP contribution < -0.4 is 20.1 Å². The van der Waals surface area contributed by atoms with Crippen LogP contribution in [0.15, 0.2) is 18.2 Å². The highest BCUT2D eigenvalue weighted by molar-refractivity contribution is 7.98. The monoisotopic (exact) mass is 395 g/mol. The van der Waals surface area contributed by atoms with Gasteiger partial charge in [-0.25, -0.2) is 0 Å². The number of nitrogens with zero attached hydrogens (tertiary/aromatic N) is 1. The number of carbonyl (C=O) groups excluding carboxylic acids is 2. The van der Waals surface area contributed by atoms with Gasteiger partial charge in [-0.1, -0.05) is 0 Å². The molecule has 1 fully saturated rings. The van der Waals surface area contributed by atoms with Gasteiger partial charge >= 0.3 is 0 Å². The molecule has 0 radical (unpaired) electrons. The van der Waals surface area contributed by atoms with Crippen LogP contribution in [-0.2, 0) is 16.1 Å². The SMILES string of the molecule is COc1cc(CN2CCNC(=O)[C@H]2CC(=O)NCCCSC)cc(OC)c1. The van der Waals surface area contributed by atoms with E-state index in [9.17, 15) is 9.59 Å². The molecule has 1 heterocycles. The third kappa shape index (κ3) is 6.62. The van der Waals surface area contributed by atoms with Crippen molar-refractivity contribution in [1.29, 1.82) is 0 Å². The topological polar surface area (TPSA) is 79.9 Å². The Morgan fingerprint density at radius 3 is 2.63 bits per heavy atom. The van der Waals surface area contributed by atoms with E-state index in [0.29, 0.717) is 37.7 Å². The summed E-state index contributed by atoms with van der Waals surface area (Å²) in [6, 6.07) is 5.19. The summed E-state index contributed by atoms with van der Waals surface area (Å²) in [6.45, 7) is 2.45. The number of thioether (sulfide) groups is 1. The average Bonchev–Trinajstić information content (AvgIpc) is 2.67. The maximum absolute atomic E-state index is 12.4. The quantitative estimate of drug-likeness (QED) is 0.581. The van der Waals surface area contributed by atoms with Crippen molar-refractivity contribution in [1.82, 2.24) is 15.5 Å². The molecule has 2 N–H and O–H groups in total. The fraction of sp³-hybridized carbons (Fsp3) is 0.579. The Hall–Kier alpha value is -1.93. The van der Waals surface area contributed by atoms with E-state index in [2.05, 4.69) is 10.6 Å². The van der Waals surface area contributed by atoms with Crippen LogP contribution in [0.4, 0.5) is 0 Å². The molecule has 1 aliphatic rings. The normalized spacial score (nSPS) is 17.3. The summed E-state index contributed by atoms with van der Waals surface area (Å²) in [7, 11) is 3.22. The van der Waals surface area contributed by atoms with E-state index in [1.54, 1.807) is 26.0 Å². The lowest BCUT2D eigenvalue weighted by molar-refractivity contribution is -0.134. The molecule has 0 unspecified atom stereocenters. The number of hydrogen-bond acceptors (Lipinski definition) is 6. The first-order valence-corrected chi connectivity index (χ1v) is 10.5. The van der Waals surface area contributed by atoms with Crippen LogP contribution in [0.5, 0.6) is 11.5 Å². The predicted molar refractivity (Wildman–Crippen MR) is 107 cm³/mol. The van der Waals surface area contributed by atoms with Crippen LogP contribution in [0.2, 0.25) is 0 Å². The van der Waals surface area contributed by atoms with E-state index in [-0.39, 0.29) is 18.2 Å². The molecular weight excluding hydrogens is 366 g/mol. The summed E-state index contributed by atoms with van der Waals surface area (Å²) in [5.74, 6) is 2.22. The van der Waals surface area contributed by atoms with Crippen molar-refractivity contribution in [3.8, 4) is 11.5 Å². The first-order valence-electron chi connectivity index (χ1n) is 9.06. The zero-order valence-corrected chi connectivity index (χ0v) is 17.1. The number of carbonyl (C=O) groups is 2. The van der Waals surface area contributed by atoms with Gasteiger partial charge in [-0.05, 0) is 36.1 Å². The third-order valence-electron chi connectivity index (χ3n) is 4.46. The average molecular weight is 396 g/mol. The van der Waals surface area contributed by atoms with Crippen molar-refractivity contribution in [3.63, 3.8) is 0 Å². The van der Waals surface area contributed by atoms with Gasteiger partial charge < -0.3 is 20.1 Å². The molecule has 150 valence electrons. The lowest BCUT2D eigenvalue weighted by Gasteiger charge is -2.34. The van der Waals surface area contributed by atoms with Gasteiger partial charge in [0.2, 0.25) is 11.8 Å². The second kappa shape index (κ2) is 11.0. The molecule has 8 heteroatoms. The van der Waals surface area contributed by atoms with Gasteiger partial charge in [-0.15, -0.1) is 0 Å². The zero-order chi connectivity index (χ0) is 19.6. The summed E-state index contributed by atoms with van der Waals surface area (Å²) in [6.07, 6.45) is 3.13.